The van der Waals surface area contributed by atoms with E-state index in [2.05, 4.69) is 16.8 Å². The van der Waals surface area contributed by atoms with Crippen LogP contribution in [0, 0.1) is 5.82 Å². The molecule has 2 saturated heterocycles. The number of piperidine rings is 1. The number of sulfonamides is 1. The van der Waals surface area contributed by atoms with Gasteiger partial charge < -0.3 is 14.5 Å². The Morgan fingerprint density at radius 3 is 2.35 bits per heavy atom. The van der Waals surface area contributed by atoms with Crippen LogP contribution in [0.5, 0.6) is 0 Å². The minimum atomic E-state index is -3.92. The lowest BCUT2D eigenvalue weighted by molar-refractivity contribution is -0.139. The molecular weight excluding hydrogens is 628 g/mol. The summed E-state index contributed by atoms with van der Waals surface area (Å²) in [7, 11) is -1.80. The average molecular weight is 671 g/mol. The number of aryl methyl sites for hydroxylation is 1. The molecule has 8 nitrogen and oxygen atoms in total. The molecule has 1 atom stereocenters. The molecule has 4 aromatic carbocycles. The van der Waals surface area contributed by atoms with Crippen molar-refractivity contribution in [3.05, 3.63) is 108 Å². The summed E-state index contributed by atoms with van der Waals surface area (Å²) in [6, 6.07) is 27.0. The first-order valence-corrected chi connectivity index (χ1v) is 18.3. The van der Waals surface area contributed by atoms with Gasteiger partial charge in [-0.2, -0.15) is 0 Å². The van der Waals surface area contributed by atoms with Crippen LogP contribution in [0.15, 0.2) is 95.9 Å². The molecule has 2 fully saturated rings. The van der Waals surface area contributed by atoms with Crippen LogP contribution in [0.3, 0.4) is 0 Å². The third-order valence-corrected chi connectivity index (χ3v) is 12.4. The maximum Gasteiger partial charge on any atom is 0.264 e. The Labute approximate surface area is 282 Å². The SMILES string of the molecule is CN1CCN(C2(c3cccc(F)c3)CCN(C(=O)COCC3CCc4ccccc4N3S(=O)(=O)c3ccc4ccccc4c3)CC2)CC1. The summed E-state index contributed by atoms with van der Waals surface area (Å²) >= 11 is 0. The molecule has 48 heavy (non-hydrogen) atoms. The summed E-state index contributed by atoms with van der Waals surface area (Å²) in [5.41, 5.74) is 2.28. The molecule has 1 amide bonds. The van der Waals surface area contributed by atoms with Gasteiger partial charge in [-0.1, -0.05) is 60.7 Å². The summed E-state index contributed by atoms with van der Waals surface area (Å²) in [6.45, 7) is 4.77. The van der Waals surface area contributed by atoms with Gasteiger partial charge in [-0.05, 0) is 85.0 Å². The Kier molecular flexibility index (Phi) is 9.26. The summed E-state index contributed by atoms with van der Waals surface area (Å²) in [6.07, 6.45) is 2.73. The van der Waals surface area contributed by atoms with Crippen molar-refractivity contribution >= 4 is 32.4 Å². The molecule has 10 heteroatoms. The number of likely N-dealkylation sites (tertiary alicyclic amines) is 1. The second-order valence-corrected chi connectivity index (χ2v) is 15.2. The topological polar surface area (TPSA) is 73.4 Å². The standard InChI is InChI=1S/C38H43FN4O4S/c1-40-21-23-42(24-22-40)38(32-10-6-11-33(39)26-32)17-19-41(20-18-38)37(44)28-47-27-34-15-13-30-8-4-5-12-36(30)43(34)48(45,46)35-16-14-29-7-2-3-9-31(29)25-35/h2-12,14,16,25-26,34H,13,15,17-24,27-28H2,1H3. The van der Waals surface area contributed by atoms with Gasteiger partial charge in [-0.15, -0.1) is 0 Å². The lowest BCUT2D eigenvalue weighted by Gasteiger charge is -2.51. The van der Waals surface area contributed by atoms with Gasteiger partial charge in [0, 0.05) is 44.8 Å². The maximum atomic E-state index is 14.4. The van der Waals surface area contributed by atoms with Crippen molar-refractivity contribution in [1.82, 2.24) is 14.7 Å². The van der Waals surface area contributed by atoms with Crippen molar-refractivity contribution in [2.24, 2.45) is 0 Å². The van der Waals surface area contributed by atoms with E-state index in [4.69, 9.17) is 4.74 Å². The number of anilines is 1. The van der Waals surface area contributed by atoms with Gasteiger partial charge in [0.05, 0.1) is 23.2 Å². The second kappa shape index (κ2) is 13.6. The maximum absolute atomic E-state index is 14.4. The van der Waals surface area contributed by atoms with Crippen LogP contribution < -0.4 is 4.31 Å². The fourth-order valence-electron chi connectivity index (χ4n) is 7.79. The van der Waals surface area contributed by atoms with Gasteiger partial charge >= 0.3 is 0 Å². The Hall–Kier alpha value is -3.83. The molecule has 0 bridgehead atoms. The summed E-state index contributed by atoms with van der Waals surface area (Å²) in [4.78, 5) is 20.3. The molecule has 0 aromatic heterocycles. The van der Waals surface area contributed by atoms with Crippen LogP contribution in [0.2, 0.25) is 0 Å². The van der Waals surface area contributed by atoms with Crippen LogP contribution in [-0.4, -0.2) is 94.6 Å². The molecule has 0 spiro atoms. The predicted molar refractivity (Wildman–Crippen MR) is 186 cm³/mol. The smallest absolute Gasteiger partial charge is 0.264 e. The number of hydrogen-bond acceptors (Lipinski definition) is 6. The number of piperazine rings is 1. The summed E-state index contributed by atoms with van der Waals surface area (Å²) in [5, 5.41) is 1.83. The number of ether oxygens (including phenoxy) is 1. The summed E-state index contributed by atoms with van der Waals surface area (Å²) < 4.78 is 50.5. The number of nitrogens with zero attached hydrogens (tertiary/aromatic N) is 4. The van der Waals surface area contributed by atoms with E-state index in [0.717, 1.165) is 54.5 Å². The van der Waals surface area contributed by atoms with E-state index in [1.54, 1.807) is 24.3 Å². The first-order chi connectivity index (χ1) is 23.2. The number of hydrogen-bond donors (Lipinski definition) is 0. The fourth-order valence-corrected chi connectivity index (χ4v) is 9.53. The molecule has 7 rings (SSSR count). The molecule has 4 aromatic rings. The van der Waals surface area contributed by atoms with E-state index in [1.165, 1.54) is 10.4 Å². The molecule has 0 aliphatic carbocycles. The highest BCUT2D eigenvalue weighted by molar-refractivity contribution is 7.92. The molecule has 3 heterocycles. The first-order valence-electron chi connectivity index (χ1n) is 16.9. The van der Waals surface area contributed by atoms with Gasteiger partial charge in [0.15, 0.2) is 0 Å². The Bertz CT molecular complexity index is 1890. The molecular formula is C38H43FN4O4S. The number of fused-ring (bicyclic) bond motifs is 2. The summed E-state index contributed by atoms with van der Waals surface area (Å²) in [5.74, 6) is -0.351. The van der Waals surface area contributed by atoms with Crippen molar-refractivity contribution in [3.8, 4) is 0 Å². The van der Waals surface area contributed by atoms with Crippen LogP contribution in [-0.2, 0) is 31.5 Å². The largest absolute Gasteiger partial charge is 0.369 e. The molecule has 1 unspecified atom stereocenters. The Morgan fingerprint density at radius 1 is 0.854 bits per heavy atom. The number of carbonyl (C=O) groups excluding carboxylic acids is 1. The molecule has 0 N–H and O–H groups in total. The first kappa shape index (κ1) is 32.7. The van der Waals surface area contributed by atoms with Crippen molar-refractivity contribution in [2.45, 2.75) is 42.2 Å². The van der Waals surface area contributed by atoms with E-state index in [9.17, 15) is 17.6 Å². The zero-order chi connectivity index (χ0) is 33.3. The van der Waals surface area contributed by atoms with Crippen LogP contribution in [0.4, 0.5) is 10.1 Å². The monoisotopic (exact) mass is 670 g/mol. The number of para-hydroxylation sites is 1. The third-order valence-electron chi connectivity index (χ3n) is 10.5. The van der Waals surface area contributed by atoms with E-state index in [1.807, 2.05) is 65.6 Å². The average Bonchev–Trinajstić information content (AvgIpc) is 3.11. The predicted octanol–water partition coefficient (Wildman–Crippen LogP) is 5.27. The van der Waals surface area contributed by atoms with E-state index < -0.39 is 16.1 Å². The van der Waals surface area contributed by atoms with E-state index in [0.29, 0.717) is 38.0 Å². The van der Waals surface area contributed by atoms with Gasteiger partial charge in [-0.3, -0.25) is 14.0 Å². The van der Waals surface area contributed by atoms with Crippen LogP contribution >= 0.6 is 0 Å². The Morgan fingerprint density at radius 2 is 1.58 bits per heavy atom. The van der Waals surface area contributed by atoms with Crippen molar-refractivity contribution < 1.29 is 22.3 Å². The number of amides is 1. The third kappa shape index (κ3) is 6.34. The fraction of sp³-hybridized carbons (Fsp3) is 0.395. The number of likely N-dealkylation sites (N-methyl/N-ethyl adjacent to an activating group) is 1. The molecule has 0 radical (unpaired) electrons. The van der Waals surface area contributed by atoms with Crippen molar-refractivity contribution in [2.75, 3.05) is 63.8 Å². The van der Waals surface area contributed by atoms with Crippen molar-refractivity contribution in [1.29, 1.82) is 0 Å². The van der Waals surface area contributed by atoms with Gasteiger partial charge in [0.2, 0.25) is 5.91 Å². The second-order valence-electron chi connectivity index (χ2n) is 13.4. The number of halogens is 1. The highest BCUT2D eigenvalue weighted by Gasteiger charge is 2.43. The van der Waals surface area contributed by atoms with Gasteiger partial charge in [0.1, 0.15) is 12.4 Å². The van der Waals surface area contributed by atoms with Crippen molar-refractivity contribution in [3.63, 3.8) is 0 Å². The highest BCUT2D eigenvalue weighted by atomic mass is 32.2. The quantitative estimate of drug-likeness (QED) is 0.255. The minimum absolute atomic E-state index is 0.106. The van der Waals surface area contributed by atoms with Gasteiger partial charge in [0.25, 0.3) is 10.0 Å². The number of carbonyl (C=O) groups is 1. The molecule has 3 aliphatic heterocycles. The highest BCUT2D eigenvalue weighted by Crippen LogP contribution is 2.40. The molecule has 252 valence electrons. The zero-order valence-electron chi connectivity index (χ0n) is 27.4. The van der Waals surface area contributed by atoms with Gasteiger partial charge in [-0.25, -0.2) is 12.8 Å². The number of rotatable bonds is 8. The van der Waals surface area contributed by atoms with E-state index in [-0.39, 0.29) is 35.4 Å². The Balaban J connectivity index is 1.04. The minimum Gasteiger partial charge on any atom is -0.369 e. The lowest BCUT2D eigenvalue weighted by atomic mass is 9.78. The number of benzene rings is 4. The zero-order valence-corrected chi connectivity index (χ0v) is 28.2. The van der Waals surface area contributed by atoms with E-state index >= 15 is 0 Å². The normalized spacial score (nSPS) is 20.5. The molecule has 0 saturated carbocycles. The lowest BCUT2D eigenvalue weighted by Crippen LogP contribution is -2.59. The van der Waals surface area contributed by atoms with Crippen LogP contribution in [0.1, 0.15) is 30.4 Å². The molecule has 3 aliphatic rings. The van der Waals surface area contributed by atoms with Crippen LogP contribution in [0.25, 0.3) is 10.8 Å².